The minimum atomic E-state index is -0.680. The molecule has 0 saturated carbocycles. The van der Waals surface area contributed by atoms with Gasteiger partial charge in [-0.2, -0.15) is 0 Å². The largest absolute Gasteiger partial charge is 0.355 e. The average Bonchev–Trinajstić information content (AvgIpc) is 2.84. The Morgan fingerprint density at radius 1 is 0.971 bits per heavy atom. The number of benzene rings is 3. The summed E-state index contributed by atoms with van der Waals surface area (Å²) in [6.07, 6.45) is 0.656. The van der Waals surface area contributed by atoms with Crippen molar-refractivity contribution in [3.8, 4) is 0 Å². The number of rotatable bonds is 11. The summed E-state index contributed by atoms with van der Waals surface area (Å²) in [6.45, 7) is 2.54. The lowest BCUT2D eigenvalue weighted by Gasteiger charge is -2.31. The number of carbonyl (C=O) groups is 2. The molecule has 3 aromatic rings. The van der Waals surface area contributed by atoms with Crippen molar-refractivity contribution in [2.75, 3.05) is 12.3 Å². The zero-order chi connectivity index (χ0) is 24.3. The summed E-state index contributed by atoms with van der Waals surface area (Å²) in [4.78, 5) is 29.2. The first-order chi connectivity index (χ1) is 16.5. The molecule has 0 heterocycles. The number of carbonyl (C=O) groups excluding carboxylic acids is 2. The topological polar surface area (TPSA) is 49.4 Å². The van der Waals surface area contributed by atoms with Gasteiger partial charge < -0.3 is 10.2 Å². The number of nitrogens with zero attached hydrogens (tertiary/aromatic N) is 1. The maximum Gasteiger partial charge on any atom is 0.243 e. The van der Waals surface area contributed by atoms with Gasteiger partial charge in [0, 0.05) is 41.6 Å². The SMILES string of the molecule is CCNC(=O)C(Cc1ccccc1)N(Cc1ccc(F)cc1)C(=O)CCSc1ccc(Cl)cc1. The highest BCUT2D eigenvalue weighted by molar-refractivity contribution is 7.99. The first-order valence-corrected chi connectivity index (χ1v) is 12.6. The number of halogens is 2. The number of nitrogens with one attached hydrogen (secondary N) is 1. The summed E-state index contributed by atoms with van der Waals surface area (Å²) >= 11 is 7.51. The van der Waals surface area contributed by atoms with E-state index in [9.17, 15) is 14.0 Å². The number of likely N-dealkylation sites (N-methyl/N-ethyl adjacent to an activating group) is 1. The van der Waals surface area contributed by atoms with Gasteiger partial charge in [0.15, 0.2) is 0 Å². The molecule has 1 N–H and O–H groups in total. The minimum Gasteiger partial charge on any atom is -0.355 e. The Morgan fingerprint density at radius 2 is 1.65 bits per heavy atom. The van der Waals surface area contributed by atoms with Gasteiger partial charge in [-0.25, -0.2) is 4.39 Å². The lowest BCUT2D eigenvalue weighted by atomic mass is 10.0. The number of amides is 2. The molecule has 3 rings (SSSR count). The standard InChI is InChI=1S/C27H28ClFN2O2S/c1-2-30-27(33)25(18-20-6-4-3-5-7-20)31(19-21-8-12-23(29)13-9-21)26(32)16-17-34-24-14-10-22(28)11-15-24/h3-15,25H,2,16-19H2,1H3,(H,30,33). The van der Waals surface area contributed by atoms with Gasteiger partial charge >= 0.3 is 0 Å². The lowest BCUT2D eigenvalue weighted by molar-refractivity contribution is -0.140. The van der Waals surface area contributed by atoms with Crippen LogP contribution in [0.2, 0.25) is 5.02 Å². The fourth-order valence-corrected chi connectivity index (χ4v) is 4.53. The summed E-state index contributed by atoms with van der Waals surface area (Å²) in [7, 11) is 0. The Balaban J connectivity index is 1.81. The summed E-state index contributed by atoms with van der Waals surface area (Å²) in [5, 5.41) is 3.54. The quantitative estimate of drug-likeness (QED) is 0.343. The van der Waals surface area contributed by atoms with Crippen LogP contribution in [0.4, 0.5) is 4.39 Å². The number of hydrogen-bond donors (Lipinski definition) is 1. The van der Waals surface area contributed by atoms with Crippen LogP contribution in [-0.4, -0.2) is 35.1 Å². The lowest BCUT2D eigenvalue weighted by Crippen LogP contribution is -2.50. The van der Waals surface area contributed by atoms with E-state index in [4.69, 9.17) is 11.6 Å². The van der Waals surface area contributed by atoms with E-state index >= 15 is 0 Å². The highest BCUT2D eigenvalue weighted by Crippen LogP contribution is 2.22. The zero-order valence-corrected chi connectivity index (χ0v) is 20.6. The van der Waals surface area contributed by atoms with Gasteiger partial charge in [-0.05, 0) is 54.4 Å². The maximum atomic E-state index is 13.5. The Bertz CT molecular complexity index is 1060. The van der Waals surface area contributed by atoms with Crippen LogP contribution < -0.4 is 5.32 Å². The second-order valence-corrected chi connectivity index (χ2v) is 9.41. The van der Waals surface area contributed by atoms with E-state index in [-0.39, 0.29) is 30.6 Å². The summed E-state index contributed by atoms with van der Waals surface area (Å²) < 4.78 is 13.5. The van der Waals surface area contributed by atoms with Crippen LogP contribution in [-0.2, 0) is 22.6 Å². The van der Waals surface area contributed by atoms with Crippen molar-refractivity contribution in [3.05, 3.63) is 101 Å². The molecule has 1 atom stereocenters. The van der Waals surface area contributed by atoms with E-state index in [1.165, 1.54) is 12.1 Å². The molecule has 0 spiro atoms. The van der Waals surface area contributed by atoms with Gasteiger partial charge in [0.05, 0.1) is 0 Å². The van der Waals surface area contributed by atoms with E-state index in [0.717, 1.165) is 16.0 Å². The van der Waals surface area contributed by atoms with Crippen molar-refractivity contribution in [2.24, 2.45) is 0 Å². The molecule has 0 fully saturated rings. The highest BCUT2D eigenvalue weighted by Gasteiger charge is 2.29. The van der Waals surface area contributed by atoms with E-state index in [1.54, 1.807) is 28.8 Å². The van der Waals surface area contributed by atoms with Crippen LogP contribution in [0.5, 0.6) is 0 Å². The molecule has 0 aliphatic heterocycles. The second-order valence-electron chi connectivity index (χ2n) is 7.80. The normalized spacial score (nSPS) is 11.6. The molecule has 0 bridgehead atoms. The zero-order valence-electron chi connectivity index (χ0n) is 19.0. The van der Waals surface area contributed by atoms with Gasteiger partial charge in [0.2, 0.25) is 11.8 Å². The van der Waals surface area contributed by atoms with Crippen LogP contribution in [0.3, 0.4) is 0 Å². The molecule has 0 saturated heterocycles. The smallest absolute Gasteiger partial charge is 0.243 e. The molecular formula is C27H28ClFN2O2S. The Labute approximate surface area is 209 Å². The average molecular weight is 499 g/mol. The molecule has 2 amide bonds. The third-order valence-corrected chi connectivity index (χ3v) is 6.55. The van der Waals surface area contributed by atoms with Crippen molar-refractivity contribution in [3.63, 3.8) is 0 Å². The van der Waals surface area contributed by atoms with E-state index in [0.29, 0.717) is 23.7 Å². The van der Waals surface area contributed by atoms with Crippen LogP contribution in [0.15, 0.2) is 83.8 Å². The number of hydrogen-bond acceptors (Lipinski definition) is 3. The van der Waals surface area contributed by atoms with Crippen LogP contribution in [0, 0.1) is 5.82 Å². The van der Waals surface area contributed by atoms with Crippen LogP contribution in [0.25, 0.3) is 0 Å². The highest BCUT2D eigenvalue weighted by atomic mass is 35.5. The molecule has 3 aromatic carbocycles. The van der Waals surface area contributed by atoms with Crippen LogP contribution >= 0.6 is 23.4 Å². The minimum absolute atomic E-state index is 0.127. The molecule has 34 heavy (non-hydrogen) atoms. The molecule has 0 radical (unpaired) electrons. The molecule has 0 aliphatic rings. The number of thioether (sulfide) groups is 1. The van der Waals surface area contributed by atoms with Crippen molar-refractivity contribution in [1.29, 1.82) is 0 Å². The molecule has 178 valence electrons. The molecule has 4 nitrogen and oxygen atoms in total. The molecule has 0 aromatic heterocycles. The summed E-state index contributed by atoms with van der Waals surface area (Å²) in [6, 6.07) is 22.5. The first-order valence-electron chi connectivity index (χ1n) is 11.2. The molecule has 7 heteroatoms. The van der Waals surface area contributed by atoms with Crippen molar-refractivity contribution in [1.82, 2.24) is 10.2 Å². The van der Waals surface area contributed by atoms with Crippen molar-refractivity contribution in [2.45, 2.75) is 37.2 Å². The fraction of sp³-hybridized carbons (Fsp3) is 0.259. The van der Waals surface area contributed by atoms with Crippen molar-refractivity contribution < 1.29 is 14.0 Å². The van der Waals surface area contributed by atoms with Crippen molar-refractivity contribution >= 4 is 35.2 Å². The Kier molecular flexibility index (Phi) is 9.98. The Hall–Kier alpha value is -2.83. The maximum absolute atomic E-state index is 13.5. The van der Waals surface area contributed by atoms with Gasteiger partial charge in [-0.1, -0.05) is 54.1 Å². The second kappa shape index (κ2) is 13.2. The van der Waals surface area contributed by atoms with Crippen LogP contribution in [0.1, 0.15) is 24.5 Å². The fourth-order valence-electron chi connectivity index (χ4n) is 3.56. The molecular weight excluding hydrogens is 471 g/mol. The predicted molar refractivity (Wildman–Crippen MR) is 136 cm³/mol. The Morgan fingerprint density at radius 3 is 2.29 bits per heavy atom. The third-order valence-electron chi connectivity index (χ3n) is 5.29. The summed E-state index contributed by atoms with van der Waals surface area (Å²) in [5.74, 6) is -0.107. The first kappa shape index (κ1) is 25.8. The van der Waals surface area contributed by atoms with E-state index < -0.39 is 6.04 Å². The van der Waals surface area contributed by atoms with E-state index in [1.807, 2.05) is 61.5 Å². The van der Waals surface area contributed by atoms with Gasteiger partial charge in [0.1, 0.15) is 11.9 Å². The van der Waals surface area contributed by atoms with Gasteiger partial charge in [0.25, 0.3) is 0 Å². The molecule has 0 aliphatic carbocycles. The predicted octanol–water partition coefficient (Wildman–Crippen LogP) is 5.74. The third kappa shape index (κ3) is 7.89. The van der Waals surface area contributed by atoms with Gasteiger partial charge in [-0.3, -0.25) is 9.59 Å². The summed E-state index contributed by atoms with van der Waals surface area (Å²) in [5.41, 5.74) is 1.73. The van der Waals surface area contributed by atoms with Gasteiger partial charge in [-0.15, -0.1) is 11.8 Å². The molecule has 1 unspecified atom stereocenters. The monoisotopic (exact) mass is 498 g/mol. The van der Waals surface area contributed by atoms with E-state index in [2.05, 4.69) is 5.32 Å².